The van der Waals surface area contributed by atoms with Crippen LogP contribution in [0.3, 0.4) is 0 Å². The van der Waals surface area contributed by atoms with Gasteiger partial charge >= 0.3 is 0 Å². The summed E-state index contributed by atoms with van der Waals surface area (Å²) in [7, 11) is 0. The van der Waals surface area contributed by atoms with E-state index >= 15 is 0 Å². The number of halogens is 1. The molecule has 0 fully saturated rings. The van der Waals surface area contributed by atoms with Gasteiger partial charge in [-0.2, -0.15) is 0 Å². The monoisotopic (exact) mass is 322 g/mol. The van der Waals surface area contributed by atoms with Crippen LogP contribution in [0.4, 0.5) is 16.0 Å². The number of amides is 1. The first-order valence-corrected chi connectivity index (χ1v) is 7.38. The summed E-state index contributed by atoms with van der Waals surface area (Å²) in [5.41, 5.74) is 1.62. The van der Waals surface area contributed by atoms with Crippen molar-refractivity contribution < 1.29 is 9.18 Å². The summed E-state index contributed by atoms with van der Waals surface area (Å²) in [6.07, 6.45) is 2.80. The molecule has 2 aromatic carbocycles. The number of nitrogens with zero attached hydrogens (tertiary/aromatic N) is 2. The minimum absolute atomic E-state index is 0.222. The molecule has 0 spiro atoms. The van der Waals surface area contributed by atoms with Gasteiger partial charge in [0.15, 0.2) is 0 Å². The number of carbonyl (C=O) groups excluding carboxylic acids is 1. The maximum Gasteiger partial charge on any atom is 0.254 e. The van der Waals surface area contributed by atoms with Gasteiger partial charge in [-0.3, -0.25) is 4.79 Å². The van der Waals surface area contributed by atoms with Crippen LogP contribution in [0.1, 0.15) is 15.9 Å². The van der Waals surface area contributed by atoms with E-state index in [4.69, 9.17) is 0 Å². The first-order valence-electron chi connectivity index (χ1n) is 7.38. The Morgan fingerprint density at radius 2 is 1.62 bits per heavy atom. The van der Waals surface area contributed by atoms with Crippen molar-refractivity contribution in [3.63, 3.8) is 0 Å². The lowest BCUT2D eigenvalue weighted by Crippen LogP contribution is -2.23. The van der Waals surface area contributed by atoms with Crippen LogP contribution in [0, 0.1) is 5.82 Å². The number of hydrogen-bond donors (Lipinski definition) is 2. The minimum Gasteiger partial charge on any atom is -0.348 e. The third kappa shape index (κ3) is 3.92. The highest BCUT2D eigenvalue weighted by Gasteiger charge is 2.08. The smallest absolute Gasteiger partial charge is 0.254 e. The highest BCUT2D eigenvalue weighted by atomic mass is 19.1. The molecule has 3 rings (SSSR count). The molecule has 0 saturated heterocycles. The molecule has 24 heavy (non-hydrogen) atoms. The Morgan fingerprint density at radius 3 is 2.33 bits per heavy atom. The van der Waals surface area contributed by atoms with Crippen molar-refractivity contribution in [1.82, 2.24) is 15.3 Å². The van der Waals surface area contributed by atoms with Crippen molar-refractivity contribution in [2.45, 2.75) is 6.54 Å². The Hall–Kier alpha value is -3.28. The van der Waals surface area contributed by atoms with Crippen molar-refractivity contribution in [3.05, 3.63) is 83.9 Å². The largest absolute Gasteiger partial charge is 0.348 e. The molecule has 0 atom stereocenters. The second-order valence-electron chi connectivity index (χ2n) is 5.07. The molecule has 2 N–H and O–H groups in total. The van der Waals surface area contributed by atoms with Crippen LogP contribution in [0.15, 0.2) is 67.0 Å². The number of anilines is 2. The molecule has 3 aromatic rings. The molecule has 0 radical (unpaired) electrons. The van der Waals surface area contributed by atoms with E-state index in [2.05, 4.69) is 20.6 Å². The molecule has 5 nitrogen and oxygen atoms in total. The number of rotatable bonds is 5. The number of benzene rings is 2. The quantitative estimate of drug-likeness (QED) is 0.756. The fourth-order valence-corrected chi connectivity index (χ4v) is 2.07. The van der Waals surface area contributed by atoms with Crippen LogP contribution in [0.25, 0.3) is 0 Å². The van der Waals surface area contributed by atoms with Gasteiger partial charge in [0.05, 0.1) is 11.3 Å². The number of hydrogen-bond acceptors (Lipinski definition) is 4. The molecule has 0 bridgehead atoms. The van der Waals surface area contributed by atoms with Gasteiger partial charge in [0.25, 0.3) is 5.91 Å². The number of aromatic nitrogens is 2. The summed E-state index contributed by atoms with van der Waals surface area (Å²) in [6, 6.07) is 15.8. The average molecular weight is 322 g/mol. The summed E-state index contributed by atoms with van der Waals surface area (Å²) < 4.78 is 13.6. The zero-order chi connectivity index (χ0) is 16.8. The number of nitrogens with one attached hydrogen (secondary N) is 2. The highest BCUT2D eigenvalue weighted by molar-refractivity contribution is 5.93. The normalized spacial score (nSPS) is 10.2. The Morgan fingerprint density at radius 1 is 0.958 bits per heavy atom. The summed E-state index contributed by atoms with van der Waals surface area (Å²) in [5.74, 6) is -0.443. The predicted octanol–water partition coefficient (Wildman–Crippen LogP) is 3.29. The second-order valence-corrected chi connectivity index (χ2v) is 5.07. The zero-order valence-electron chi connectivity index (χ0n) is 12.7. The van der Waals surface area contributed by atoms with E-state index < -0.39 is 5.82 Å². The van der Waals surface area contributed by atoms with Crippen LogP contribution in [-0.4, -0.2) is 15.9 Å². The number of carbonyl (C=O) groups is 1. The fraction of sp³-hybridized carbons (Fsp3) is 0.0556. The lowest BCUT2D eigenvalue weighted by Gasteiger charge is -2.07. The highest BCUT2D eigenvalue weighted by Crippen LogP contribution is 2.16. The summed E-state index contributed by atoms with van der Waals surface area (Å²) >= 11 is 0. The van der Waals surface area contributed by atoms with Gasteiger partial charge in [-0.25, -0.2) is 14.4 Å². The zero-order valence-corrected chi connectivity index (χ0v) is 12.7. The molecule has 0 aliphatic carbocycles. The van der Waals surface area contributed by atoms with Gasteiger partial charge in [-0.15, -0.1) is 0 Å². The molecule has 0 aliphatic rings. The van der Waals surface area contributed by atoms with Gasteiger partial charge < -0.3 is 10.6 Å². The topological polar surface area (TPSA) is 66.9 Å². The summed E-state index contributed by atoms with van der Waals surface area (Å²) in [5, 5.41) is 5.56. The third-order valence-electron chi connectivity index (χ3n) is 3.33. The maximum atomic E-state index is 13.6. The van der Waals surface area contributed by atoms with Crippen LogP contribution >= 0.6 is 0 Å². The van der Waals surface area contributed by atoms with E-state index in [0.717, 1.165) is 5.56 Å². The van der Waals surface area contributed by atoms with Crippen LogP contribution in [0.2, 0.25) is 0 Å². The van der Waals surface area contributed by atoms with Gasteiger partial charge in [0, 0.05) is 18.9 Å². The molecule has 1 amide bonds. The van der Waals surface area contributed by atoms with Gasteiger partial charge in [-0.05, 0) is 17.7 Å². The SMILES string of the molecule is O=C(NCc1ccccc1)c1cnc(Nc2ccccc2F)nc1. The average Bonchev–Trinajstić information content (AvgIpc) is 2.63. The molecule has 1 heterocycles. The molecule has 1 aromatic heterocycles. The van der Waals surface area contributed by atoms with Crippen molar-refractivity contribution in [2.75, 3.05) is 5.32 Å². The molecular formula is C18H15FN4O. The lowest BCUT2D eigenvalue weighted by molar-refractivity contribution is 0.0950. The van der Waals surface area contributed by atoms with Crippen molar-refractivity contribution in [1.29, 1.82) is 0 Å². The molecular weight excluding hydrogens is 307 g/mol. The fourth-order valence-electron chi connectivity index (χ4n) is 2.07. The Labute approximate surface area is 138 Å². The van der Waals surface area contributed by atoms with Crippen LogP contribution in [-0.2, 0) is 6.54 Å². The molecule has 0 unspecified atom stereocenters. The number of para-hydroxylation sites is 1. The van der Waals surface area contributed by atoms with E-state index in [-0.39, 0.29) is 17.5 Å². The van der Waals surface area contributed by atoms with Crippen molar-refractivity contribution in [3.8, 4) is 0 Å². The summed E-state index contributed by atoms with van der Waals surface area (Å²) in [4.78, 5) is 20.2. The van der Waals surface area contributed by atoms with Gasteiger partial charge in [0.2, 0.25) is 5.95 Å². The lowest BCUT2D eigenvalue weighted by atomic mass is 10.2. The Kier molecular flexibility index (Phi) is 4.76. The van der Waals surface area contributed by atoms with E-state index in [9.17, 15) is 9.18 Å². The third-order valence-corrected chi connectivity index (χ3v) is 3.33. The molecule has 0 aliphatic heterocycles. The first kappa shape index (κ1) is 15.6. The van der Waals surface area contributed by atoms with E-state index in [1.807, 2.05) is 30.3 Å². The second kappa shape index (κ2) is 7.32. The maximum absolute atomic E-state index is 13.6. The minimum atomic E-state index is -0.397. The molecule has 6 heteroatoms. The first-order chi connectivity index (χ1) is 11.7. The Bertz CT molecular complexity index is 822. The molecule has 0 saturated carbocycles. The Balaban J connectivity index is 1.61. The van der Waals surface area contributed by atoms with E-state index in [1.54, 1.807) is 18.2 Å². The van der Waals surface area contributed by atoms with E-state index in [1.165, 1.54) is 18.5 Å². The summed E-state index contributed by atoms with van der Waals surface area (Å²) in [6.45, 7) is 0.425. The van der Waals surface area contributed by atoms with Gasteiger partial charge in [-0.1, -0.05) is 42.5 Å². The van der Waals surface area contributed by atoms with Crippen LogP contribution < -0.4 is 10.6 Å². The van der Waals surface area contributed by atoms with E-state index in [0.29, 0.717) is 12.1 Å². The van der Waals surface area contributed by atoms with Crippen molar-refractivity contribution >= 4 is 17.5 Å². The van der Waals surface area contributed by atoms with Crippen LogP contribution in [0.5, 0.6) is 0 Å². The predicted molar refractivity (Wildman–Crippen MR) is 89.3 cm³/mol. The van der Waals surface area contributed by atoms with Gasteiger partial charge in [0.1, 0.15) is 5.82 Å². The standard InChI is InChI=1S/C18H15FN4O/c19-15-8-4-5-9-16(15)23-18-21-11-14(12-22-18)17(24)20-10-13-6-2-1-3-7-13/h1-9,11-12H,10H2,(H,20,24)(H,21,22,23). The van der Waals surface area contributed by atoms with Crippen molar-refractivity contribution in [2.24, 2.45) is 0 Å². The molecule has 120 valence electrons.